The van der Waals surface area contributed by atoms with E-state index in [-0.39, 0.29) is 11.7 Å². The number of piperidine rings is 1. The zero-order chi connectivity index (χ0) is 14.9. The van der Waals surface area contributed by atoms with Crippen molar-refractivity contribution in [3.05, 3.63) is 34.1 Å². The summed E-state index contributed by atoms with van der Waals surface area (Å²) in [4.78, 5) is 2.46. The van der Waals surface area contributed by atoms with E-state index in [9.17, 15) is 4.39 Å². The summed E-state index contributed by atoms with van der Waals surface area (Å²) in [5.74, 6) is 0.485. The van der Waals surface area contributed by atoms with Crippen LogP contribution in [0.15, 0.2) is 12.1 Å². The van der Waals surface area contributed by atoms with Crippen LogP contribution in [0.2, 0.25) is 5.02 Å². The lowest BCUT2D eigenvalue weighted by atomic mass is 9.87. The van der Waals surface area contributed by atoms with Gasteiger partial charge in [-0.25, -0.2) is 4.39 Å². The SMILES string of the molecule is CC(C)c1cc(F)c(C2CCN(C(C)C)CC2)cc1Cl. The van der Waals surface area contributed by atoms with Crippen molar-refractivity contribution in [1.82, 2.24) is 4.90 Å². The zero-order valence-corrected chi connectivity index (χ0v) is 13.7. The van der Waals surface area contributed by atoms with Crippen molar-refractivity contribution in [2.75, 3.05) is 13.1 Å². The molecule has 0 unspecified atom stereocenters. The average Bonchev–Trinajstić information content (AvgIpc) is 2.40. The summed E-state index contributed by atoms with van der Waals surface area (Å²) in [5.41, 5.74) is 1.72. The normalized spacial score (nSPS) is 18.2. The van der Waals surface area contributed by atoms with Crippen molar-refractivity contribution in [2.24, 2.45) is 0 Å². The summed E-state index contributed by atoms with van der Waals surface area (Å²) in [5, 5.41) is 0.711. The molecule has 0 aromatic heterocycles. The van der Waals surface area contributed by atoms with Crippen molar-refractivity contribution in [1.29, 1.82) is 0 Å². The van der Waals surface area contributed by atoms with Gasteiger partial charge in [-0.2, -0.15) is 0 Å². The Morgan fingerprint density at radius 2 is 1.75 bits per heavy atom. The fourth-order valence-corrected chi connectivity index (χ4v) is 3.45. The Bertz CT molecular complexity index is 462. The van der Waals surface area contributed by atoms with Crippen LogP contribution in [-0.4, -0.2) is 24.0 Å². The largest absolute Gasteiger partial charge is 0.301 e. The van der Waals surface area contributed by atoms with E-state index in [0.717, 1.165) is 37.1 Å². The predicted molar refractivity (Wildman–Crippen MR) is 84.2 cm³/mol. The first kappa shape index (κ1) is 15.8. The summed E-state index contributed by atoms with van der Waals surface area (Å²) < 4.78 is 14.4. The number of hydrogen-bond donors (Lipinski definition) is 0. The minimum atomic E-state index is -0.0823. The number of hydrogen-bond acceptors (Lipinski definition) is 1. The quantitative estimate of drug-likeness (QED) is 0.742. The van der Waals surface area contributed by atoms with E-state index in [1.54, 1.807) is 6.07 Å². The highest BCUT2D eigenvalue weighted by atomic mass is 35.5. The summed E-state index contributed by atoms with van der Waals surface area (Å²) in [6, 6.07) is 4.08. The molecule has 0 atom stereocenters. The molecule has 1 aromatic rings. The first-order valence-corrected chi connectivity index (χ1v) is 8.00. The van der Waals surface area contributed by atoms with Crippen molar-refractivity contribution < 1.29 is 4.39 Å². The van der Waals surface area contributed by atoms with Gasteiger partial charge >= 0.3 is 0 Å². The summed E-state index contributed by atoms with van der Waals surface area (Å²) >= 11 is 6.32. The van der Waals surface area contributed by atoms with E-state index >= 15 is 0 Å². The molecule has 112 valence electrons. The molecule has 0 amide bonds. The second-order valence-electron chi connectivity index (χ2n) is 6.45. The van der Waals surface area contributed by atoms with Gasteiger partial charge in [-0.1, -0.05) is 25.4 Å². The minimum Gasteiger partial charge on any atom is -0.301 e. The van der Waals surface area contributed by atoms with Crippen LogP contribution in [0.25, 0.3) is 0 Å². The first-order chi connectivity index (χ1) is 9.40. The Kier molecular flexibility index (Phi) is 5.09. The molecule has 0 saturated carbocycles. The van der Waals surface area contributed by atoms with Crippen LogP contribution in [0.5, 0.6) is 0 Å². The van der Waals surface area contributed by atoms with Crippen LogP contribution < -0.4 is 0 Å². The number of rotatable bonds is 3. The number of halogens is 2. The minimum absolute atomic E-state index is 0.0823. The fraction of sp³-hybridized carbons (Fsp3) is 0.647. The molecule has 0 aliphatic carbocycles. The molecule has 1 saturated heterocycles. The standard InChI is InChI=1S/C17H25ClFN/c1-11(2)14-10-17(19)15(9-16(14)18)13-5-7-20(8-6-13)12(3)4/h9-13H,5-8H2,1-4H3. The van der Waals surface area contributed by atoms with Gasteiger partial charge in [0.05, 0.1) is 0 Å². The van der Waals surface area contributed by atoms with Gasteiger partial charge in [-0.15, -0.1) is 0 Å². The Morgan fingerprint density at radius 3 is 2.25 bits per heavy atom. The van der Waals surface area contributed by atoms with E-state index in [1.807, 2.05) is 19.9 Å². The topological polar surface area (TPSA) is 3.24 Å². The zero-order valence-electron chi connectivity index (χ0n) is 12.9. The predicted octanol–water partition coefficient (Wildman–Crippen LogP) is 5.19. The molecule has 0 spiro atoms. The molecule has 2 rings (SSSR count). The number of nitrogens with zero attached hydrogens (tertiary/aromatic N) is 1. The molecule has 1 fully saturated rings. The summed E-state index contributed by atoms with van der Waals surface area (Å²) in [7, 11) is 0. The first-order valence-electron chi connectivity index (χ1n) is 7.63. The maximum Gasteiger partial charge on any atom is 0.127 e. The molecule has 0 radical (unpaired) electrons. The summed E-state index contributed by atoms with van der Waals surface area (Å²) in [6.45, 7) is 10.6. The van der Waals surface area contributed by atoms with Gasteiger partial charge in [0, 0.05) is 11.1 Å². The van der Waals surface area contributed by atoms with Gasteiger partial charge in [0.25, 0.3) is 0 Å². The van der Waals surface area contributed by atoms with Gasteiger partial charge < -0.3 is 4.90 Å². The Balaban J connectivity index is 2.16. The molecule has 0 N–H and O–H groups in total. The number of likely N-dealkylation sites (tertiary alicyclic amines) is 1. The third-order valence-corrected chi connectivity index (χ3v) is 4.77. The number of benzene rings is 1. The molecule has 3 heteroatoms. The molecule has 1 aliphatic rings. The van der Waals surface area contributed by atoms with Gasteiger partial charge in [0.1, 0.15) is 5.82 Å². The average molecular weight is 298 g/mol. The van der Waals surface area contributed by atoms with E-state index in [4.69, 9.17) is 11.6 Å². The molecule has 1 aliphatic heterocycles. The summed E-state index contributed by atoms with van der Waals surface area (Å²) in [6.07, 6.45) is 2.04. The Hall–Kier alpha value is -0.600. The molecular formula is C17H25ClFN. The second-order valence-corrected chi connectivity index (χ2v) is 6.86. The van der Waals surface area contributed by atoms with E-state index < -0.39 is 0 Å². The van der Waals surface area contributed by atoms with Crippen LogP contribution in [0.3, 0.4) is 0 Å². The van der Waals surface area contributed by atoms with Gasteiger partial charge in [-0.3, -0.25) is 0 Å². The highest BCUT2D eigenvalue weighted by molar-refractivity contribution is 6.31. The van der Waals surface area contributed by atoms with Crippen LogP contribution in [0.4, 0.5) is 4.39 Å². The van der Waals surface area contributed by atoms with Crippen LogP contribution in [-0.2, 0) is 0 Å². The molecule has 0 bridgehead atoms. The van der Waals surface area contributed by atoms with Gasteiger partial charge in [0.15, 0.2) is 0 Å². The smallest absolute Gasteiger partial charge is 0.127 e. The molecule has 20 heavy (non-hydrogen) atoms. The molecule has 1 nitrogen and oxygen atoms in total. The lowest BCUT2D eigenvalue weighted by Gasteiger charge is -2.35. The molecule has 1 heterocycles. The van der Waals surface area contributed by atoms with Gasteiger partial charge in [-0.05, 0) is 74.9 Å². The van der Waals surface area contributed by atoms with E-state index in [1.165, 1.54) is 0 Å². The monoisotopic (exact) mass is 297 g/mol. The Labute approximate surface area is 127 Å². The van der Waals surface area contributed by atoms with Crippen molar-refractivity contribution in [3.63, 3.8) is 0 Å². The third-order valence-electron chi connectivity index (χ3n) is 4.44. The van der Waals surface area contributed by atoms with E-state index in [0.29, 0.717) is 17.0 Å². The van der Waals surface area contributed by atoms with Crippen LogP contribution >= 0.6 is 11.6 Å². The van der Waals surface area contributed by atoms with Crippen molar-refractivity contribution >= 4 is 11.6 Å². The van der Waals surface area contributed by atoms with Crippen molar-refractivity contribution in [2.45, 2.75) is 58.4 Å². The lowest BCUT2D eigenvalue weighted by Crippen LogP contribution is -2.38. The van der Waals surface area contributed by atoms with Crippen molar-refractivity contribution in [3.8, 4) is 0 Å². The highest BCUT2D eigenvalue weighted by Gasteiger charge is 2.25. The molecule has 1 aromatic carbocycles. The second kappa shape index (κ2) is 6.44. The Morgan fingerprint density at radius 1 is 1.15 bits per heavy atom. The van der Waals surface area contributed by atoms with Gasteiger partial charge in [0.2, 0.25) is 0 Å². The van der Waals surface area contributed by atoms with Crippen LogP contribution in [0.1, 0.15) is 63.5 Å². The maximum absolute atomic E-state index is 14.4. The third kappa shape index (κ3) is 3.35. The molecular weight excluding hydrogens is 273 g/mol. The maximum atomic E-state index is 14.4. The van der Waals surface area contributed by atoms with Crippen LogP contribution in [0, 0.1) is 5.82 Å². The fourth-order valence-electron chi connectivity index (χ4n) is 3.06. The van der Waals surface area contributed by atoms with E-state index in [2.05, 4.69) is 18.7 Å². The highest BCUT2D eigenvalue weighted by Crippen LogP contribution is 2.35. The lowest BCUT2D eigenvalue weighted by molar-refractivity contribution is 0.171.